The summed E-state index contributed by atoms with van der Waals surface area (Å²) < 4.78 is 0. The Bertz CT molecular complexity index is 745. The predicted molar refractivity (Wildman–Crippen MR) is 87.9 cm³/mol. The van der Waals surface area contributed by atoms with Crippen molar-refractivity contribution in [1.82, 2.24) is 0 Å². The van der Waals surface area contributed by atoms with Crippen LogP contribution in [0, 0.1) is 49.9 Å². The molecule has 3 fully saturated rings. The monoisotopic (exact) mass is 307 g/mol. The molecule has 1 spiro atoms. The van der Waals surface area contributed by atoms with Gasteiger partial charge in [-0.25, -0.2) is 4.90 Å². The van der Waals surface area contributed by atoms with Crippen LogP contribution in [0.15, 0.2) is 24.3 Å². The molecular formula is C20H21NO2. The highest BCUT2D eigenvalue weighted by molar-refractivity contribution is 6.23. The molecule has 2 amide bonds. The average Bonchev–Trinajstić information content (AvgIpc) is 3.08. The molecule has 3 nitrogen and oxygen atoms in total. The van der Waals surface area contributed by atoms with Gasteiger partial charge in [-0.05, 0) is 62.0 Å². The van der Waals surface area contributed by atoms with Gasteiger partial charge in [0.05, 0.1) is 17.5 Å². The number of aryl methyl sites for hydroxylation is 3. The fourth-order valence-electron chi connectivity index (χ4n) is 5.82. The van der Waals surface area contributed by atoms with Crippen molar-refractivity contribution in [3.8, 4) is 0 Å². The van der Waals surface area contributed by atoms with E-state index in [1.165, 1.54) is 23.3 Å². The van der Waals surface area contributed by atoms with Crippen LogP contribution >= 0.6 is 0 Å². The second-order valence-corrected chi connectivity index (χ2v) is 7.98. The zero-order valence-corrected chi connectivity index (χ0v) is 13.8. The zero-order valence-electron chi connectivity index (χ0n) is 13.8. The first kappa shape index (κ1) is 13.5. The van der Waals surface area contributed by atoms with E-state index in [1.54, 1.807) is 0 Å². The van der Waals surface area contributed by atoms with Crippen LogP contribution in [-0.2, 0) is 9.59 Å². The fraction of sp³-hybridized carbons (Fsp3) is 0.500. The van der Waals surface area contributed by atoms with Crippen LogP contribution in [0.5, 0.6) is 0 Å². The Morgan fingerprint density at radius 2 is 1.39 bits per heavy atom. The van der Waals surface area contributed by atoms with Crippen LogP contribution in [0.2, 0.25) is 0 Å². The van der Waals surface area contributed by atoms with Crippen molar-refractivity contribution < 1.29 is 9.59 Å². The van der Waals surface area contributed by atoms with Gasteiger partial charge in [0.25, 0.3) is 0 Å². The van der Waals surface area contributed by atoms with Gasteiger partial charge in [-0.2, -0.15) is 0 Å². The Hall–Kier alpha value is -1.90. The molecule has 3 aliphatic carbocycles. The van der Waals surface area contributed by atoms with Crippen molar-refractivity contribution in [2.24, 2.45) is 29.1 Å². The van der Waals surface area contributed by atoms with Crippen LogP contribution in [0.4, 0.5) is 5.69 Å². The Labute approximate surface area is 136 Å². The number of allylic oxidation sites excluding steroid dienone is 2. The van der Waals surface area contributed by atoms with Crippen LogP contribution in [0.25, 0.3) is 0 Å². The number of rotatable bonds is 1. The Morgan fingerprint density at radius 3 is 1.83 bits per heavy atom. The molecular weight excluding hydrogens is 286 g/mol. The predicted octanol–water partition coefficient (Wildman–Crippen LogP) is 3.31. The smallest absolute Gasteiger partial charge is 0.238 e. The number of nitrogens with zero attached hydrogens (tertiary/aromatic N) is 1. The minimum Gasteiger partial charge on any atom is -0.274 e. The maximum Gasteiger partial charge on any atom is 0.238 e. The van der Waals surface area contributed by atoms with E-state index in [0.29, 0.717) is 11.8 Å². The lowest BCUT2D eigenvalue weighted by Crippen LogP contribution is -2.35. The lowest BCUT2D eigenvalue weighted by molar-refractivity contribution is -0.123. The topological polar surface area (TPSA) is 37.4 Å². The molecule has 0 radical (unpaired) electrons. The van der Waals surface area contributed by atoms with Gasteiger partial charge in [0.1, 0.15) is 0 Å². The van der Waals surface area contributed by atoms with Gasteiger partial charge in [0, 0.05) is 0 Å². The molecule has 4 atom stereocenters. The largest absolute Gasteiger partial charge is 0.274 e. The minimum absolute atomic E-state index is 0.0400. The lowest BCUT2D eigenvalue weighted by Gasteiger charge is -2.24. The summed E-state index contributed by atoms with van der Waals surface area (Å²) in [5.74, 6) is 0.451. The fourth-order valence-corrected chi connectivity index (χ4v) is 5.82. The molecule has 2 bridgehead atoms. The molecule has 23 heavy (non-hydrogen) atoms. The highest BCUT2D eigenvalue weighted by Gasteiger charge is 2.73. The molecule has 3 unspecified atom stereocenters. The third kappa shape index (κ3) is 1.42. The molecule has 5 rings (SSSR count). The van der Waals surface area contributed by atoms with Crippen LogP contribution in [-0.4, -0.2) is 11.8 Å². The quantitative estimate of drug-likeness (QED) is 0.589. The third-order valence-corrected chi connectivity index (χ3v) is 6.71. The van der Waals surface area contributed by atoms with E-state index in [4.69, 9.17) is 0 Å². The van der Waals surface area contributed by atoms with Crippen molar-refractivity contribution in [2.75, 3.05) is 4.90 Å². The first-order chi connectivity index (χ1) is 11.0. The Kier molecular flexibility index (Phi) is 2.32. The number of hydrogen-bond acceptors (Lipinski definition) is 2. The van der Waals surface area contributed by atoms with E-state index in [-0.39, 0.29) is 29.1 Å². The van der Waals surface area contributed by atoms with E-state index in [1.807, 2.05) is 20.8 Å². The van der Waals surface area contributed by atoms with E-state index >= 15 is 0 Å². The van der Waals surface area contributed by atoms with Gasteiger partial charge >= 0.3 is 0 Å². The molecule has 1 heterocycles. The second-order valence-electron chi connectivity index (χ2n) is 7.98. The van der Waals surface area contributed by atoms with Crippen molar-refractivity contribution in [3.05, 3.63) is 41.0 Å². The van der Waals surface area contributed by atoms with Crippen molar-refractivity contribution in [2.45, 2.75) is 33.6 Å². The van der Waals surface area contributed by atoms with Crippen LogP contribution < -0.4 is 4.90 Å². The molecule has 1 saturated heterocycles. The van der Waals surface area contributed by atoms with Crippen molar-refractivity contribution in [1.29, 1.82) is 0 Å². The molecule has 118 valence electrons. The number of benzene rings is 1. The maximum atomic E-state index is 13.2. The number of hydrogen-bond donors (Lipinski definition) is 0. The summed E-state index contributed by atoms with van der Waals surface area (Å²) >= 11 is 0. The molecule has 1 aliphatic heterocycles. The molecule has 1 aromatic carbocycles. The summed E-state index contributed by atoms with van der Waals surface area (Å²) in [4.78, 5) is 27.8. The highest BCUT2D eigenvalue weighted by Crippen LogP contribution is 2.73. The molecule has 2 saturated carbocycles. The van der Waals surface area contributed by atoms with Gasteiger partial charge in [-0.3, -0.25) is 9.59 Å². The van der Waals surface area contributed by atoms with Crippen LogP contribution in [0.1, 0.15) is 29.5 Å². The summed E-state index contributed by atoms with van der Waals surface area (Å²) in [6, 6.07) is 4.12. The molecule has 3 heteroatoms. The number of carbonyl (C=O) groups is 2. The van der Waals surface area contributed by atoms with E-state index in [0.717, 1.165) is 16.8 Å². The zero-order chi connectivity index (χ0) is 16.1. The van der Waals surface area contributed by atoms with Crippen molar-refractivity contribution >= 4 is 17.5 Å². The first-order valence-corrected chi connectivity index (χ1v) is 8.60. The third-order valence-electron chi connectivity index (χ3n) is 6.71. The second kappa shape index (κ2) is 3.95. The summed E-state index contributed by atoms with van der Waals surface area (Å²) in [5.41, 5.74) is 4.30. The SMILES string of the molecule is Cc1cc(C)c(N2C(=O)C3C4C=CC([C@H]3C2=O)C42CC2)c(C)c1. The van der Waals surface area contributed by atoms with E-state index in [2.05, 4.69) is 24.3 Å². The maximum absolute atomic E-state index is 13.2. The number of anilines is 1. The number of imide groups is 1. The summed E-state index contributed by atoms with van der Waals surface area (Å²) in [5, 5.41) is 0. The standard InChI is InChI=1S/C20H21NO2/c1-10-8-11(2)17(12(3)9-10)21-18(22)15-13-4-5-14(16(15)19(21)23)20(13)6-7-20/h4-5,8-9,13-16H,6-7H2,1-3H3/t13?,14?,15-,16?/m1/s1. The van der Waals surface area contributed by atoms with Gasteiger partial charge in [0.15, 0.2) is 0 Å². The lowest BCUT2D eigenvalue weighted by atomic mass is 9.85. The summed E-state index contributed by atoms with van der Waals surface area (Å²) in [7, 11) is 0. The van der Waals surface area contributed by atoms with Crippen LogP contribution in [0.3, 0.4) is 0 Å². The van der Waals surface area contributed by atoms with Gasteiger partial charge in [0.2, 0.25) is 11.8 Å². The average molecular weight is 307 g/mol. The summed E-state index contributed by atoms with van der Waals surface area (Å²) in [6.45, 7) is 6.05. The Balaban J connectivity index is 1.62. The van der Waals surface area contributed by atoms with Gasteiger partial charge in [-0.15, -0.1) is 0 Å². The molecule has 0 aromatic heterocycles. The van der Waals surface area contributed by atoms with Gasteiger partial charge in [-0.1, -0.05) is 29.8 Å². The number of amides is 2. The first-order valence-electron chi connectivity index (χ1n) is 8.60. The molecule has 4 aliphatic rings. The van der Waals surface area contributed by atoms with Gasteiger partial charge < -0.3 is 0 Å². The highest BCUT2D eigenvalue weighted by atomic mass is 16.2. The van der Waals surface area contributed by atoms with E-state index < -0.39 is 0 Å². The number of fused-ring (bicyclic) bond motifs is 3. The number of carbonyl (C=O) groups excluding carboxylic acids is 2. The minimum atomic E-state index is -0.111. The molecule has 1 aromatic rings. The normalized spacial score (nSPS) is 35.5. The van der Waals surface area contributed by atoms with E-state index in [9.17, 15) is 9.59 Å². The van der Waals surface area contributed by atoms with Crippen molar-refractivity contribution in [3.63, 3.8) is 0 Å². The molecule has 0 N–H and O–H groups in total. The summed E-state index contributed by atoms with van der Waals surface area (Å²) in [6.07, 6.45) is 6.82. The Morgan fingerprint density at radius 1 is 0.913 bits per heavy atom.